The molecule has 1 aliphatic carbocycles. The van der Waals surface area contributed by atoms with Crippen molar-refractivity contribution in [3.8, 4) is 0 Å². The van der Waals surface area contributed by atoms with Crippen molar-refractivity contribution in [3.05, 3.63) is 0 Å². The number of carbonyl (C=O) groups excluding carboxylic acids is 1. The summed E-state index contributed by atoms with van der Waals surface area (Å²) in [5.74, 6) is -2.21. The first-order chi connectivity index (χ1) is 8.24. The molecule has 1 amide bonds. The van der Waals surface area contributed by atoms with Gasteiger partial charge in [-0.1, -0.05) is 6.42 Å². The van der Waals surface area contributed by atoms with E-state index < -0.39 is 29.9 Å². The van der Waals surface area contributed by atoms with Crippen LogP contribution >= 0.6 is 0 Å². The molecule has 102 valence electrons. The molecule has 0 unspecified atom stereocenters. The van der Waals surface area contributed by atoms with Gasteiger partial charge in [-0.15, -0.1) is 0 Å². The minimum atomic E-state index is -4.54. The van der Waals surface area contributed by atoms with Crippen molar-refractivity contribution in [2.45, 2.75) is 31.9 Å². The Morgan fingerprint density at radius 1 is 1.39 bits per heavy atom. The van der Waals surface area contributed by atoms with Gasteiger partial charge in [0, 0.05) is 13.1 Å². The van der Waals surface area contributed by atoms with Gasteiger partial charge in [0.15, 0.2) is 0 Å². The van der Waals surface area contributed by atoms with Crippen molar-refractivity contribution in [1.29, 1.82) is 0 Å². The lowest BCUT2D eigenvalue weighted by Gasteiger charge is -2.23. The second-order valence-electron chi connectivity index (χ2n) is 5.12. The van der Waals surface area contributed by atoms with Crippen LogP contribution in [-0.2, 0) is 9.59 Å². The highest BCUT2D eigenvalue weighted by atomic mass is 19.4. The molecule has 1 aliphatic heterocycles. The molecule has 2 fully saturated rings. The van der Waals surface area contributed by atoms with Crippen LogP contribution in [0.3, 0.4) is 0 Å². The summed E-state index contributed by atoms with van der Waals surface area (Å²) in [5, 5.41) is 9.25. The quantitative estimate of drug-likeness (QED) is 0.826. The number of rotatable bonds is 2. The van der Waals surface area contributed by atoms with E-state index in [0.717, 1.165) is 11.3 Å². The lowest BCUT2D eigenvalue weighted by molar-refractivity contribution is -0.161. The maximum absolute atomic E-state index is 12.1. The van der Waals surface area contributed by atoms with Crippen LogP contribution in [0.25, 0.3) is 0 Å². The molecule has 2 rings (SSSR count). The van der Waals surface area contributed by atoms with Crippen LogP contribution in [0, 0.1) is 11.3 Å². The first kappa shape index (κ1) is 13.2. The molecule has 7 heteroatoms. The third kappa shape index (κ3) is 2.18. The molecule has 1 heterocycles. The summed E-state index contributed by atoms with van der Waals surface area (Å²) < 4.78 is 36.4. The minimum Gasteiger partial charge on any atom is -0.481 e. The summed E-state index contributed by atoms with van der Waals surface area (Å²) in [6, 6.07) is 0. The third-order valence-corrected chi connectivity index (χ3v) is 4.00. The fourth-order valence-electron chi connectivity index (χ4n) is 3.11. The Balaban J connectivity index is 2.08. The van der Waals surface area contributed by atoms with Crippen LogP contribution in [0.1, 0.15) is 25.7 Å². The fraction of sp³-hybridized carbons (Fsp3) is 0.818. The number of fused-ring (bicyclic) bond motifs is 1. The van der Waals surface area contributed by atoms with E-state index in [1.807, 2.05) is 0 Å². The Morgan fingerprint density at radius 2 is 2.06 bits per heavy atom. The summed E-state index contributed by atoms with van der Waals surface area (Å²) in [7, 11) is 0. The number of likely N-dealkylation sites (tertiary alicyclic amines) is 1. The molecular formula is C11H14F3NO3. The topological polar surface area (TPSA) is 57.6 Å². The van der Waals surface area contributed by atoms with Crippen LogP contribution in [0.2, 0.25) is 0 Å². The third-order valence-electron chi connectivity index (χ3n) is 4.00. The Bertz CT molecular complexity index is 382. The van der Waals surface area contributed by atoms with E-state index >= 15 is 0 Å². The Morgan fingerprint density at radius 3 is 2.56 bits per heavy atom. The van der Waals surface area contributed by atoms with Crippen LogP contribution in [0.15, 0.2) is 0 Å². The number of hydrogen-bond acceptors (Lipinski definition) is 2. The molecule has 18 heavy (non-hydrogen) atoms. The van der Waals surface area contributed by atoms with E-state index in [-0.39, 0.29) is 19.0 Å². The van der Waals surface area contributed by atoms with Gasteiger partial charge < -0.3 is 10.0 Å². The predicted octanol–water partition coefficient (Wildman–Crippen LogP) is 1.65. The molecule has 1 saturated carbocycles. The van der Waals surface area contributed by atoms with Crippen LogP contribution in [0.5, 0.6) is 0 Å². The van der Waals surface area contributed by atoms with Crippen molar-refractivity contribution >= 4 is 11.9 Å². The molecule has 1 saturated heterocycles. The fourth-order valence-corrected chi connectivity index (χ4v) is 3.11. The summed E-state index contributed by atoms with van der Waals surface area (Å²) in [4.78, 5) is 23.8. The standard InChI is InChI=1S/C11H14F3NO3/c12-11(13,14)4-8(16)15-5-7-2-1-3-10(7,6-15)9(17)18/h7H,1-6H2,(H,17,18)/t7-,10+/m0/s1. The molecule has 0 aromatic heterocycles. The van der Waals surface area contributed by atoms with Gasteiger partial charge in [-0.25, -0.2) is 0 Å². The van der Waals surface area contributed by atoms with E-state index in [0.29, 0.717) is 12.8 Å². The summed E-state index contributed by atoms with van der Waals surface area (Å²) in [6.07, 6.45) is -4.16. The van der Waals surface area contributed by atoms with Gasteiger partial charge in [0.05, 0.1) is 5.41 Å². The molecule has 2 aliphatic rings. The van der Waals surface area contributed by atoms with Gasteiger partial charge in [0.2, 0.25) is 5.91 Å². The zero-order valence-corrected chi connectivity index (χ0v) is 9.66. The van der Waals surface area contributed by atoms with E-state index in [1.165, 1.54) is 0 Å². The number of aliphatic carboxylic acids is 1. The molecule has 0 aromatic rings. The number of amides is 1. The zero-order valence-electron chi connectivity index (χ0n) is 9.66. The van der Waals surface area contributed by atoms with E-state index in [9.17, 15) is 27.9 Å². The van der Waals surface area contributed by atoms with E-state index in [2.05, 4.69) is 0 Å². The van der Waals surface area contributed by atoms with Crippen molar-refractivity contribution in [1.82, 2.24) is 4.90 Å². The van der Waals surface area contributed by atoms with Gasteiger partial charge in [-0.05, 0) is 18.8 Å². The zero-order chi connectivity index (χ0) is 13.6. The SMILES string of the molecule is O=C(CC(F)(F)F)N1C[C@@H]2CCC[C@@]2(C(=O)O)C1. The van der Waals surface area contributed by atoms with Crippen molar-refractivity contribution in [3.63, 3.8) is 0 Å². The van der Waals surface area contributed by atoms with Gasteiger partial charge in [-0.3, -0.25) is 9.59 Å². The average molecular weight is 265 g/mol. The largest absolute Gasteiger partial charge is 0.481 e. The number of carbonyl (C=O) groups is 2. The van der Waals surface area contributed by atoms with Gasteiger partial charge in [0.25, 0.3) is 0 Å². The highest BCUT2D eigenvalue weighted by Crippen LogP contribution is 2.49. The summed E-state index contributed by atoms with van der Waals surface area (Å²) in [6.45, 7) is 0.0587. The number of carboxylic acids is 1. The number of nitrogens with zero attached hydrogens (tertiary/aromatic N) is 1. The smallest absolute Gasteiger partial charge is 0.397 e. The Kier molecular flexibility index (Phi) is 3.03. The second-order valence-corrected chi connectivity index (χ2v) is 5.12. The van der Waals surface area contributed by atoms with Gasteiger partial charge >= 0.3 is 12.1 Å². The van der Waals surface area contributed by atoms with Crippen molar-refractivity contribution in [2.24, 2.45) is 11.3 Å². The van der Waals surface area contributed by atoms with Crippen LogP contribution < -0.4 is 0 Å². The normalized spacial score (nSPS) is 31.5. The van der Waals surface area contributed by atoms with E-state index in [1.54, 1.807) is 0 Å². The van der Waals surface area contributed by atoms with Crippen molar-refractivity contribution < 1.29 is 27.9 Å². The number of halogens is 3. The van der Waals surface area contributed by atoms with Gasteiger partial charge in [-0.2, -0.15) is 13.2 Å². The summed E-state index contributed by atoms with van der Waals surface area (Å²) >= 11 is 0. The first-order valence-corrected chi connectivity index (χ1v) is 5.82. The molecule has 4 nitrogen and oxygen atoms in total. The second kappa shape index (κ2) is 4.13. The highest BCUT2D eigenvalue weighted by Gasteiger charge is 2.56. The lowest BCUT2D eigenvalue weighted by atomic mass is 9.81. The van der Waals surface area contributed by atoms with Crippen LogP contribution in [0.4, 0.5) is 13.2 Å². The number of carboxylic acid groups (broad SMARTS) is 1. The maximum Gasteiger partial charge on any atom is 0.397 e. The maximum atomic E-state index is 12.1. The predicted molar refractivity (Wildman–Crippen MR) is 54.7 cm³/mol. The molecule has 0 aromatic carbocycles. The number of hydrogen-bond donors (Lipinski definition) is 1. The molecule has 0 bridgehead atoms. The molecule has 1 N–H and O–H groups in total. The first-order valence-electron chi connectivity index (χ1n) is 5.82. The molecule has 2 atom stereocenters. The van der Waals surface area contributed by atoms with Gasteiger partial charge in [0.1, 0.15) is 6.42 Å². The monoisotopic (exact) mass is 265 g/mol. The minimum absolute atomic E-state index is 0.0814. The molecule has 0 spiro atoms. The van der Waals surface area contributed by atoms with Crippen molar-refractivity contribution in [2.75, 3.05) is 13.1 Å². The Labute approximate surface area is 102 Å². The number of alkyl halides is 3. The highest BCUT2D eigenvalue weighted by molar-refractivity contribution is 5.81. The lowest BCUT2D eigenvalue weighted by Crippen LogP contribution is -2.38. The van der Waals surface area contributed by atoms with Crippen LogP contribution in [-0.4, -0.2) is 41.1 Å². The van der Waals surface area contributed by atoms with E-state index in [4.69, 9.17) is 0 Å². The molecule has 0 radical (unpaired) electrons. The summed E-state index contributed by atoms with van der Waals surface area (Å²) in [5.41, 5.74) is -1.01. The average Bonchev–Trinajstić information content (AvgIpc) is 2.69. The molecular weight excluding hydrogens is 251 g/mol. The Hall–Kier alpha value is -1.27.